The molecule has 0 N–H and O–H groups in total. The van der Waals surface area contributed by atoms with Gasteiger partial charge in [-0.3, -0.25) is 0 Å². The average molecular weight is 522 g/mol. The van der Waals surface area contributed by atoms with Gasteiger partial charge in [-0.15, -0.1) is 0 Å². The number of hydrogen-bond donors (Lipinski definition) is 0. The van der Waals surface area contributed by atoms with Gasteiger partial charge < -0.3 is 28.2 Å². The van der Waals surface area contributed by atoms with Crippen LogP contribution in [0.15, 0.2) is 61.2 Å². The second-order valence-electron chi connectivity index (χ2n) is 8.30. The molecule has 0 aliphatic carbocycles. The first-order chi connectivity index (χ1) is 16.5. The van der Waals surface area contributed by atoms with Crippen LogP contribution in [0.25, 0.3) is 0 Å². The van der Waals surface area contributed by atoms with Crippen LogP contribution in [0.1, 0.15) is 5.56 Å². The summed E-state index contributed by atoms with van der Waals surface area (Å²) in [5.41, 5.74) is 1.82. The van der Waals surface area contributed by atoms with Gasteiger partial charge in [0.15, 0.2) is 0 Å². The lowest BCUT2D eigenvalue weighted by atomic mass is 10.1. The molecule has 2 fully saturated rings. The van der Waals surface area contributed by atoms with Crippen molar-refractivity contribution in [1.82, 2.24) is 9.55 Å². The molecule has 0 unspecified atom stereocenters. The zero-order valence-corrected chi connectivity index (χ0v) is 20.8. The van der Waals surface area contributed by atoms with Crippen LogP contribution >= 0.6 is 23.2 Å². The lowest BCUT2D eigenvalue weighted by molar-refractivity contribution is -0.189. The largest absolute Gasteiger partial charge is 0.616 e. The Hall–Kier alpha value is -1.94. The van der Waals surface area contributed by atoms with Crippen LogP contribution < -0.4 is 9.64 Å². The molecular formula is C24H25Cl2N3O4S. The van der Waals surface area contributed by atoms with Crippen molar-refractivity contribution in [2.24, 2.45) is 0 Å². The predicted octanol–water partition coefficient (Wildman–Crippen LogP) is 4.11. The Labute approximate surface area is 211 Å². The summed E-state index contributed by atoms with van der Waals surface area (Å²) in [6.07, 6.45) is 4.99. The maximum atomic E-state index is 11.6. The summed E-state index contributed by atoms with van der Waals surface area (Å²) in [6, 6.07) is 13.3. The molecule has 0 radical (unpaired) electrons. The van der Waals surface area contributed by atoms with E-state index in [4.69, 9.17) is 37.4 Å². The Kier molecular flexibility index (Phi) is 7.24. The van der Waals surface area contributed by atoms with Crippen molar-refractivity contribution in [3.8, 4) is 5.75 Å². The van der Waals surface area contributed by atoms with Gasteiger partial charge in [0.2, 0.25) is 5.79 Å². The number of rotatable bonds is 7. The molecule has 1 aromatic heterocycles. The molecule has 7 nitrogen and oxygen atoms in total. The molecule has 2 atom stereocenters. The van der Waals surface area contributed by atoms with Crippen molar-refractivity contribution in [3.05, 3.63) is 76.8 Å². The van der Waals surface area contributed by atoms with Crippen LogP contribution in [0.2, 0.25) is 10.0 Å². The lowest BCUT2D eigenvalue weighted by Gasteiger charge is -2.30. The van der Waals surface area contributed by atoms with Gasteiger partial charge in [0.25, 0.3) is 0 Å². The normalized spacial score (nSPS) is 23.4. The summed E-state index contributed by atoms with van der Waals surface area (Å²) in [5.74, 6) is 1.12. The van der Waals surface area contributed by atoms with E-state index in [1.165, 1.54) is 0 Å². The second-order valence-corrected chi connectivity index (χ2v) is 10.8. The zero-order valence-electron chi connectivity index (χ0n) is 18.4. The summed E-state index contributed by atoms with van der Waals surface area (Å²) < 4.78 is 32.1. The van der Waals surface area contributed by atoms with Crippen molar-refractivity contribution in [1.29, 1.82) is 0 Å². The number of ether oxygens (including phenoxy) is 3. The third kappa shape index (κ3) is 5.32. The highest BCUT2D eigenvalue weighted by Crippen LogP contribution is 2.40. The maximum Gasteiger partial charge on any atom is 0.215 e. The topological polar surface area (TPSA) is 71.8 Å². The number of aromatic nitrogens is 2. The molecule has 2 aliphatic heterocycles. The van der Waals surface area contributed by atoms with Crippen LogP contribution in [0.5, 0.6) is 5.75 Å². The lowest BCUT2D eigenvalue weighted by Crippen LogP contribution is -2.40. The van der Waals surface area contributed by atoms with Crippen molar-refractivity contribution in [2.45, 2.75) is 18.4 Å². The van der Waals surface area contributed by atoms with Crippen molar-refractivity contribution in [2.75, 3.05) is 42.7 Å². The van der Waals surface area contributed by atoms with E-state index < -0.39 is 17.0 Å². The predicted molar refractivity (Wildman–Crippen MR) is 133 cm³/mol. The minimum atomic E-state index is -1.07. The van der Waals surface area contributed by atoms with E-state index in [9.17, 15) is 4.55 Å². The highest BCUT2D eigenvalue weighted by atomic mass is 35.5. The second kappa shape index (κ2) is 10.4. The van der Waals surface area contributed by atoms with E-state index in [1.54, 1.807) is 24.7 Å². The van der Waals surface area contributed by atoms with Crippen molar-refractivity contribution < 1.29 is 18.8 Å². The molecule has 2 aromatic carbocycles. The fraction of sp³-hybridized carbons (Fsp3) is 0.375. The van der Waals surface area contributed by atoms with Crippen LogP contribution in [0.3, 0.4) is 0 Å². The van der Waals surface area contributed by atoms with Gasteiger partial charge in [-0.1, -0.05) is 40.4 Å². The average Bonchev–Trinajstić information content (AvgIpc) is 3.49. The molecule has 3 heterocycles. The molecule has 34 heavy (non-hydrogen) atoms. The standard InChI is InChI=1S/C24H25Cl2N3O4S/c25-18-1-6-22(23(26)13-18)24(16-28-8-7-27-17-28)32-15-21(33-24)14-31-20-4-2-19(3-5-20)29-9-11-34(30)12-10-29/h1-8,13,17,21H,9-12,14-16H2/t21-,24-/m1/s1. The minimum absolute atomic E-state index is 0.285. The Morgan fingerprint density at radius 1 is 1.15 bits per heavy atom. The molecule has 2 aliphatic rings. The third-order valence-corrected chi connectivity index (χ3v) is 7.79. The summed E-state index contributed by atoms with van der Waals surface area (Å²) in [7, 11) is 0. The molecule has 0 bridgehead atoms. The molecule has 10 heteroatoms. The van der Waals surface area contributed by atoms with Crippen LogP contribution in [-0.2, 0) is 33.0 Å². The molecule has 180 valence electrons. The zero-order chi connectivity index (χ0) is 23.5. The summed E-state index contributed by atoms with van der Waals surface area (Å²) in [4.78, 5) is 6.37. The molecule has 5 rings (SSSR count). The molecule has 2 saturated heterocycles. The van der Waals surface area contributed by atoms with Crippen LogP contribution in [-0.4, -0.2) is 58.0 Å². The summed E-state index contributed by atoms with van der Waals surface area (Å²) in [6.45, 7) is 2.70. The van der Waals surface area contributed by atoms with Gasteiger partial charge >= 0.3 is 0 Å². The number of anilines is 1. The van der Waals surface area contributed by atoms with Gasteiger partial charge in [-0.25, -0.2) is 4.98 Å². The summed E-state index contributed by atoms with van der Waals surface area (Å²) in [5, 5.41) is 1.02. The minimum Gasteiger partial charge on any atom is -0.616 e. The van der Waals surface area contributed by atoms with E-state index in [0.717, 1.165) is 36.0 Å². The van der Waals surface area contributed by atoms with E-state index in [1.807, 2.05) is 41.1 Å². The van der Waals surface area contributed by atoms with Gasteiger partial charge in [0, 0.05) is 28.7 Å². The van der Waals surface area contributed by atoms with Gasteiger partial charge in [0.1, 0.15) is 30.0 Å². The fourth-order valence-corrected chi connectivity index (χ4v) is 5.82. The van der Waals surface area contributed by atoms with Crippen molar-refractivity contribution in [3.63, 3.8) is 0 Å². The van der Waals surface area contributed by atoms with Crippen LogP contribution in [0, 0.1) is 0 Å². The maximum absolute atomic E-state index is 11.6. The van der Waals surface area contributed by atoms with Crippen molar-refractivity contribution >= 4 is 40.1 Å². The third-order valence-electron chi connectivity index (χ3n) is 5.97. The number of nitrogens with zero attached hydrogens (tertiary/aromatic N) is 3. The Morgan fingerprint density at radius 3 is 2.65 bits per heavy atom. The van der Waals surface area contributed by atoms with E-state index in [2.05, 4.69) is 9.88 Å². The monoisotopic (exact) mass is 521 g/mol. The van der Waals surface area contributed by atoms with E-state index in [0.29, 0.717) is 35.4 Å². The first-order valence-electron chi connectivity index (χ1n) is 11.1. The number of imidazole rings is 1. The van der Waals surface area contributed by atoms with Gasteiger partial charge in [-0.2, -0.15) is 0 Å². The number of hydrogen-bond acceptors (Lipinski definition) is 6. The SMILES string of the molecule is [O-][S+]1CCN(c2ccc(OC[C@@H]3CO[C@@](Cn4ccnc4)(c4ccc(Cl)cc4Cl)O3)cc2)CC1. The first-order valence-corrected chi connectivity index (χ1v) is 13.3. The van der Waals surface area contributed by atoms with Crippen LogP contribution in [0.4, 0.5) is 5.69 Å². The molecule has 0 amide bonds. The highest BCUT2D eigenvalue weighted by molar-refractivity contribution is 7.91. The van der Waals surface area contributed by atoms with E-state index in [-0.39, 0.29) is 6.10 Å². The van der Waals surface area contributed by atoms with E-state index >= 15 is 0 Å². The Morgan fingerprint density at radius 2 is 1.94 bits per heavy atom. The number of halogens is 2. The smallest absolute Gasteiger partial charge is 0.215 e. The molecule has 0 spiro atoms. The van der Waals surface area contributed by atoms with Gasteiger partial charge in [-0.05, 0) is 36.4 Å². The molecule has 0 saturated carbocycles. The quantitative estimate of drug-likeness (QED) is 0.435. The molecule has 3 aromatic rings. The fourth-order valence-electron chi connectivity index (χ4n) is 4.21. The Balaban J connectivity index is 1.25. The molecular weight excluding hydrogens is 497 g/mol. The Bertz CT molecular complexity index is 1090. The highest BCUT2D eigenvalue weighted by Gasteiger charge is 2.45. The summed E-state index contributed by atoms with van der Waals surface area (Å²) >= 11 is 11.9. The number of benzene rings is 2. The van der Waals surface area contributed by atoms with Gasteiger partial charge in [0.05, 0.1) is 37.6 Å². The first kappa shape index (κ1) is 23.8.